The fraction of sp³-hybridized carbons (Fsp3) is 0.0625. The van der Waals surface area contributed by atoms with Gasteiger partial charge in [-0.1, -0.05) is 11.2 Å². The third-order valence-electron chi connectivity index (χ3n) is 3.38. The lowest BCUT2D eigenvalue weighted by molar-refractivity contribution is -0.137. The van der Waals surface area contributed by atoms with Gasteiger partial charge in [-0.25, -0.2) is 4.79 Å². The van der Waals surface area contributed by atoms with E-state index >= 15 is 0 Å². The monoisotopic (exact) mass is 382 g/mol. The number of halogens is 3. The quantitative estimate of drug-likeness (QED) is 0.699. The number of rotatable bonds is 4. The van der Waals surface area contributed by atoms with Gasteiger partial charge in [-0.3, -0.25) is 10.1 Å². The summed E-state index contributed by atoms with van der Waals surface area (Å²) >= 11 is 1.31. The van der Waals surface area contributed by atoms with Crippen molar-refractivity contribution in [1.29, 1.82) is 0 Å². The number of amides is 1. The maximum absolute atomic E-state index is 12.8. The van der Waals surface area contributed by atoms with Crippen molar-refractivity contribution in [2.75, 3.05) is 5.32 Å². The zero-order chi connectivity index (χ0) is 18.9. The molecule has 0 radical (unpaired) electrons. The van der Waals surface area contributed by atoms with Crippen LogP contribution in [0.1, 0.15) is 26.3 Å². The Hall–Kier alpha value is -3.14. The highest BCUT2D eigenvalue weighted by Crippen LogP contribution is 2.32. The highest BCUT2D eigenvalue weighted by atomic mass is 32.1. The van der Waals surface area contributed by atoms with E-state index in [0.29, 0.717) is 11.6 Å². The predicted molar refractivity (Wildman–Crippen MR) is 86.2 cm³/mol. The standard InChI is InChI=1S/C16H9F3N2O4S/c17-16(18,19)10-3-1-2-8(6-10)13(22)20-14-11(15(23)24)12(21-25-14)9-4-5-26-7-9/h1-7H,(H,20,22)(H,23,24). The minimum absolute atomic E-state index is 0.0121. The van der Waals surface area contributed by atoms with Crippen LogP contribution in [0.25, 0.3) is 11.3 Å². The van der Waals surface area contributed by atoms with Gasteiger partial charge in [0.05, 0.1) is 5.56 Å². The molecule has 0 unspecified atom stereocenters. The maximum Gasteiger partial charge on any atom is 0.416 e. The largest absolute Gasteiger partial charge is 0.477 e. The van der Waals surface area contributed by atoms with Gasteiger partial charge in [0.25, 0.3) is 5.91 Å². The molecule has 26 heavy (non-hydrogen) atoms. The number of benzene rings is 1. The normalized spacial score (nSPS) is 11.3. The van der Waals surface area contributed by atoms with E-state index < -0.39 is 29.5 Å². The van der Waals surface area contributed by atoms with Gasteiger partial charge in [-0.15, -0.1) is 0 Å². The van der Waals surface area contributed by atoms with E-state index in [0.717, 1.165) is 12.1 Å². The van der Waals surface area contributed by atoms with E-state index in [-0.39, 0.29) is 16.8 Å². The number of hydrogen-bond donors (Lipinski definition) is 2. The van der Waals surface area contributed by atoms with Crippen LogP contribution in [0.5, 0.6) is 0 Å². The van der Waals surface area contributed by atoms with Gasteiger partial charge >= 0.3 is 12.1 Å². The van der Waals surface area contributed by atoms with Gasteiger partial charge < -0.3 is 9.63 Å². The number of thiophene rings is 1. The Labute approximate surface area is 147 Å². The number of nitrogens with zero attached hydrogens (tertiary/aromatic N) is 1. The van der Waals surface area contributed by atoms with Gasteiger partial charge in [-0.05, 0) is 29.6 Å². The molecule has 0 atom stereocenters. The molecule has 2 heterocycles. The molecular formula is C16H9F3N2O4S. The number of anilines is 1. The van der Waals surface area contributed by atoms with Crippen LogP contribution in [0.4, 0.5) is 19.1 Å². The number of carboxylic acids is 1. The summed E-state index contributed by atoms with van der Waals surface area (Å²) in [6.45, 7) is 0. The van der Waals surface area contributed by atoms with Crippen molar-refractivity contribution in [3.8, 4) is 11.3 Å². The summed E-state index contributed by atoms with van der Waals surface area (Å²) < 4.78 is 43.1. The van der Waals surface area contributed by atoms with Crippen molar-refractivity contribution in [2.45, 2.75) is 6.18 Å². The van der Waals surface area contributed by atoms with E-state index in [1.54, 1.807) is 16.8 Å². The Balaban J connectivity index is 1.92. The molecule has 10 heteroatoms. The Morgan fingerprint density at radius 2 is 2.00 bits per heavy atom. The lowest BCUT2D eigenvalue weighted by Gasteiger charge is -2.08. The Kier molecular flexibility index (Phi) is 4.51. The summed E-state index contributed by atoms with van der Waals surface area (Å²) in [5.41, 5.74) is -1.19. The minimum Gasteiger partial charge on any atom is -0.477 e. The number of alkyl halides is 3. The second-order valence-corrected chi connectivity index (χ2v) is 5.87. The Morgan fingerprint density at radius 3 is 2.62 bits per heavy atom. The molecule has 2 aromatic heterocycles. The minimum atomic E-state index is -4.61. The van der Waals surface area contributed by atoms with Crippen LogP contribution in [-0.2, 0) is 6.18 Å². The molecule has 0 saturated carbocycles. The summed E-state index contributed by atoms with van der Waals surface area (Å²) in [4.78, 5) is 23.7. The molecule has 2 N–H and O–H groups in total. The Bertz CT molecular complexity index is 964. The third-order valence-corrected chi connectivity index (χ3v) is 4.06. The van der Waals surface area contributed by atoms with Gasteiger partial charge in [-0.2, -0.15) is 24.5 Å². The van der Waals surface area contributed by atoms with Crippen LogP contribution < -0.4 is 5.32 Å². The summed E-state index contributed by atoms with van der Waals surface area (Å²) in [6.07, 6.45) is -4.61. The van der Waals surface area contributed by atoms with Crippen LogP contribution >= 0.6 is 11.3 Å². The Morgan fingerprint density at radius 1 is 1.23 bits per heavy atom. The first-order chi connectivity index (χ1) is 12.3. The average molecular weight is 382 g/mol. The molecule has 3 rings (SSSR count). The number of aromatic nitrogens is 1. The molecule has 0 aliphatic carbocycles. The number of hydrogen-bond acceptors (Lipinski definition) is 5. The van der Waals surface area contributed by atoms with E-state index in [4.69, 9.17) is 4.52 Å². The number of carbonyl (C=O) groups is 2. The van der Waals surface area contributed by atoms with E-state index in [9.17, 15) is 27.9 Å². The van der Waals surface area contributed by atoms with Crippen LogP contribution in [0.2, 0.25) is 0 Å². The molecule has 0 fully saturated rings. The smallest absolute Gasteiger partial charge is 0.416 e. The fourth-order valence-electron chi connectivity index (χ4n) is 2.18. The van der Waals surface area contributed by atoms with Crippen molar-refractivity contribution in [3.05, 3.63) is 57.8 Å². The molecule has 6 nitrogen and oxygen atoms in total. The molecule has 0 spiro atoms. The highest BCUT2D eigenvalue weighted by molar-refractivity contribution is 7.08. The van der Waals surface area contributed by atoms with Crippen LogP contribution in [-0.4, -0.2) is 22.1 Å². The topological polar surface area (TPSA) is 92.4 Å². The first-order valence-corrected chi connectivity index (χ1v) is 7.96. The molecule has 3 aromatic rings. The molecular weight excluding hydrogens is 373 g/mol. The molecule has 0 bridgehead atoms. The van der Waals surface area contributed by atoms with E-state index in [1.807, 2.05) is 0 Å². The second-order valence-electron chi connectivity index (χ2n) is 5.09. The average Bonchev–Trinajstić information content (AvgIpc) is 3.23. The summed E-state index contributed by atoms with van der Waals surface area (Å²) in [5.74, 6) is -2.81. The number of carbonyl (C=O) groups excluding carboxylic acids is 1. The van der Waals surface area contributed by atoms with Gasteiger partial charge in [0.2, 0.25) is 5.88 Å². The summed E-state index contributed by atoms with van der Waals surface area (Å²) in [7, 11) is 0. The molecule has 1 amide bonds. The highest BCUT2D eigenvalue weighted by Gasteiger charge is 2.31. The van der Waals surface area contributed by atoms with Crippen LogP contribution in [0, 0.1) is 0 Å². The predicted octanol–water partition coefficient (Wildman–Crippen LogP) is 4.37. The molecule has 0 saturated heterocycles. The number of aromatic carboxylic acids is 1. The SMILES string of the molecule is O=C(Nc1onc(-c2ccsc2)c1C(=O)O)c1cccc(C(F)(F)F)c1. The van der Waals surface area contributed by atoms with Crippen molar-refractivity contribution in [1.82, 2.24) is 5.16 Å². The first-order valence-electron chi connectivity index (χ1n) is 7.01. The summed E-state index contributed by atoms with van der Waals surface area (Å²) in [5, 5.41) is 18.5. The van der Waals surface area contributed by atoms with Crippen molar-refractivity contribution >= 4 is 29.1 Å². The van der Waals surface area contributed by atoms with E-state index in [2.05, 4.69) is 10.5 Å². The fourth-order valence-corrected chi connectivity index (χ4v) is 2.82. The molecule has 0 aliphatic rings. The van der Waals surface area contributed by atoms with E-state index in [1.165, 1.54) is 17.4 Å². The van der Waals surface area contributed by atoms with Gasteiger partial charge in [0.15, 0.2) is 5.56 Å². The zero-order valence-electron chi connectivity index (χ0n) is 12.7. The number of nitrogens with one attached hydrogen (secondary N) is 1. The summed E-state index contributed by atoms with van der Waals surface area (Å²) in [6, 6.07) is 5.34. The molecule has 134 valence electrons. The zero-order valence-corrected chi connectivity index (χ0v) is 13.5. The number of carboxylic acid groups (broad SMARTS) is 1. The van der Waals surface area contributed by atoms with Crippen molar-refractivity contribution in [3.63, 3.8) is 0 Å². The molecule has 1 aromatic carbocycles. The van der Waals surface area contributed by atoms with Crippen molar-refractivity contribution < 1.29 is 32.4 Å². The molecule has 0 aliphatic heterocycles. The first kappa shape index (κ1) is 17.7. The van der Waals surface area contributed by atoms with Crippen molar-refractivity contribution in [2.24, 2.45) is 0 Å². The lowest BCUT2D eigenvalue weighted by atomic mass is 10.1. The van der Waals surface area contributed by atoms with Crippen LogP contribution in [0.15, 0.2) is 45.6 Å². The van der Waals surface area contributed by atoms with Gasteiger partial charge in [0.1, 0.15) is 5.69 Å². The maximum atomic E-state index is 12.8. The van der Waals surface area contributed by atoms with Crippen LogP contribution in [0.3, 0.4) is 0 Å². The second kappa shape index (κ2) is 6.64. The lowest BCUT2D eigenvalue weighted by Crippen LogP contribution is -2.15. The third kappa shape index (κ3) is 3.45. The van der Waals surface area contributed by atoms with Gasteiger partial charge in [0, 0.05) is 16.5 Å².